The van der Waals surface area contributed by atoms with Crippen LogP contribution in [0.3, 0.4) is 0 Å². The van der Waals surface area contributed by atoms with Gasteiger partial charge in [0.05, 0.1) is 5.92 Å². The van der Waals surface area contributed by atoms with Gasteiger partial charge in [-0.1, -0.05) is 37.6 Å². The van der Waals surface area contributed by atoms with E-state index in [0.717, 1.165) is 18.5 Å². The first kappa shape index (κ1) is 17.1. The van der Waals surface area contributed by atoms with Crippen molar-refractivity contribution in [3.05, 3.63) is 59.9 Å². The van der Waals surface area contributed by atoms with E-state index >= 15 is 0 Å². The Morgan fingerprint density at radius 1 is 1.24 bits per heavy atom. The highest BCUT2D eigenvalue weighted by molar-refractivity contribution is 6.06. The van der Waals surface area contributed by atoms with Crippen molar-refractivity contribution in [2.45, 2.75) is 32.1 Å². The maximum atomic E-state index is 13.5. The number of carbonyl (C=O) groups is 2. The van der Waals surface area contributed by atoms with Crippen molar-refractivity contribution in [1.82, 2.24) is 0 Å². The van der Waals surface area contributed by atoms with Crippen LogP contribution in [-0.2, 0) is 9.59 Å². The van der Waals surface area contributed by atoms with Crippen molar-refractivity contribution in [3.63, 3.8) is 0 Å². The number of para-hydroxylation sites is 1. The highest BCUT2D eigenvalue weighted by Gasteiger charge is 2.34. The lowest BCUT2D eigenvalue weighted by molar-refractivity contribution is -0.124. The number of hydrogen-bond donors (Lipinski definition) is 1. The molecule has 0 spiro atoms. The van der Waals surface area contributed by atoms with Crippen molar-refractivity contribution in [3.8, 4) is 0 Å². The molecular weight excluding hydrogens is 319 g/mol. The van der Waals surface area contributed by atoms with Gasteiger partial charge < -0.3 is 10.2 Å². The third-order valence-electron chi connectivity index (χ3n) is 4.42. The van der Waals surface area contributed by atoms with Crippen molar-refractivity contribution >= 4 is 23.2 Å². The Kier molecular flexibility index (Phi) is 5.12. The number of rotatable bonds is 5. The Balaban J connectivity index is 1.96. The smallest absolute Gasteiger partial charge is 0.235 e. The first-order chi connectivity index (χ1) is 12.1. The molecule has 0 saturated heterocycles. The van der Waals surface area contributed by atoms with Crippen LogP contribution in [0.5, 0.6) is 0 Å². The lowest BCUT2D eigenvalue weighted by Gasteiger charge is -2.31. The molecule has 4 nitrogen and oxygen atoms in total. The minimum Gasteiger partial charge on any atom is -0.326 e. The highest BCUT2D eigenvalue weighted by atomic mass is 19.1. The number of carbonyl (C=O) groups excluding carboxylic acids is 2. The van der Waals surface area contributed by atoms with E-state index in [-0.39, 0.29) is 18.2 Å². The van der Waals surface area contributed by atoms with Crippen LogP contribution in [0.2, 0.25) is 0 Å². The number of amides is 2. The minimum atomic E-state index is -0.596. The molecule has 1 N–H and O–H groups in total. The second-order valence-electron chi connectivity index (χ2n) is 6.22. The molecule has 0 bridgehead atoms. The lowest BCUT2D eigenvalue weighted by atomic mass is 9.89. The Morgan fingerprint density at radius 3 is 2.72 bits per heavy atom. The van der Waals surface area contributed by atoms with Gasteiger partial charge in [-0.15, -0.1) is 0 Å². The first-order valence-corrected chi connectivity index (χ1v) is 8.56. The Hall–Kier alpha value is -2.69. The largest absolute Gasteiger partial charge is 0.326 e. The monoisotopic (exact) mass is 340 g/mol. The van der Waals surface area contributed by atoms with Crippen LogP contribution in [0.4, 0.5) is 15.8 Å². The van der Waals surface area contributed by atoms with Crippen LogP contribution in [0, 0.1) is 5.82 Å². The molecule has 2 aromatic rings. The van der Waals surface area contributed by atoms with Gasteiger partial charge in [-0.05, 0) is 36.2 Å². The van der Waals surface area contributed by atoms with Gasteiger partial charge >= 0.3 is 0 Å². The van der Waals surface area contributed by atoms with Gasteiger partial charge in [0.15, 0.2) is 0 Å². The summed E-state index contributed by atoms with van der Waals surface area (Å²) in [7, 11) is 0. The number of fused-ring (bicyclic) bond motifs is 1. The first-order valence-electron chi connectivity index (χ1n) is 8.56. The molecule has 1 aliphatic heterocycles. The third kappa shape index (κ3) is 3.71. The van der Waals surface area contributed by atoms with Crippen LogP contribution >= 0.6 is 0 Å². The summed E-state index contributed by atoms with van der Waals surface area (Å²) >= 11 is 0. The molecule has 1 heterocycles. The van der Waals surface area contributed by atoms with Gasteiger partial charge in [0, 0.05) is 24.3 Å². The van der Waals surface area contributed by atoms with E-state index in [1.54, 1.807) is 11.0 Å². The normalized spacial score (nSPS) is 16.1. The summed E-state index contributed by atoms with van der Waals surface area (Å²) in [6.07, 6.45) is 1.91. The summed E-state index contributed by atoms with van der Waals surface area (Å²) in [4.78, 5) is 27.0. The summed E-state index contributed by atoms with van der Waals surface area (Å²) in [6.45, 7) is 2.66. The van der Waals surface area contributed by atoms with Crippen LogP contribution in [0.25, 0.3) is 0 Å². The van der Waals surface area contributed by atoms with Gasteiger partial charge in [0.25, 0.3) is 0 Å². The van der Waals surface area contributed by atoms with E-state index in [0.29, 0.717) is 17.8 Å². The summed E-state index contributed by atoms with van der Waals surface area (Å²) in [5.41, 5.74) is 1.87. The Morgan fingerprint density at radius 2 is 2.00 bits per heavy atom. The van der Waals surface area contributed by atoms with Gasteiger partial charge in [-0.25, -0.2) is 4.39 Å². The highest BCUT2D eigenvalue weighted by Crippen LogP contribution is 2.35. The predicted molar refractivity (Wildman–Crippen MR) is 96.1 cm³/mol. The fourth-order valence-electron chi connectivity index (χ4n) is 3.14. The van der Waals surface area contributed by atoms with Crippen molar-refractivity contribution < 1.29 is 14.0 Å². The van der Waals surface area contributed by atoms with Gasteiger partial charge in [-0.2, -0.15) is 0 Å². The van der Waals surface area contributed by atoms with Crippen LogP contribution < -0.4 is 10.2 Å². The number of halogens is 1. The zero-order valence-corrected chi connectivity index (χ0v) is 14.2. The molecule has 1 atom stereocenters. The summed E-state index contributed by atoms with van der Waals surface area (Å²) < 4.78 is 13.5. The van der Waals surface area contributed by atoms with Crippen LogP contribution in [-0.4, -0.2) is 18.4 Å². The molecule has 130 valence electrons. The molecule has 1 unspecified atom stereocenters. The molecule has 3 rings (SSSR count). The van der Waals surface area contributed by atoms with Crippen LogP contribution in [0.1, 0.15) is 37.7 Å². The number of unbranched alkanes of at least 4 members (excludes halogenated alkanes) is 1. The van der Waals surface area contributed by atoms with Crippen molar-refractivity contribution in [2.75, 3.05) is 16.8 Å². The van der Waals surface area contributed by atoms with E-state index in [1.807, 2.05) is 30.3 Å². The summed E-state index contributed by atoms with van der Waals surface area (Å²) in [5, 5.41) is 2.66. The molecular formula is C20H21FN2O2. The van der Waals surface area contributed by atoms with Gasteiger partial charge in [0.1, 0.15) is 5.82 Å². The molecule has 0 saturated carbocycles. The fraction of sp³-hybridized carbons (Fsp3) is 0.300. The molecule has 0 aliphatic carbocycles. The number of nitrogens with one attached hydrogen (secondary N) is 1. The van der Waals surface area contributed by atoms with Crippen molar-refractivity contribution in [2.24, 2.45) is 0 Å². The molecule has 0 fully saturated rings. The van der Waals surface area contributed by atoms with E-state index in [2.05, 4.69) is 12.2 Å². The van der Waals surface area contributed by atoms with Crippen LogP contribution in [0.15, 0.2) is 48.5 Å². The Bertz CT molecular complexity index is 777. The number of nitrogens with zero attached hydrogens (tertiary/aromatic N) is 1. The number of benzene rings is 2. The Labute approximate surface area is 146 Å². The van der Waals surface area contributed by atoms with E-state index in [9.17, 15) is 14.0 Å². The maximum Gasteiger partial charge on any atom is 0.235 e. The van der Waals surface area contributed by atoms with E-state index < -0.39 is 11.7 Å². The molecule has 2 amide bonds. The molecule has 0 radical (unpaired) electrons. The molecule has 5 heteroatoms. The lowest BCUT2D eigenvalue weighted by Crippen LogP contribution is -2.39. The minimum absolute atomic E-state index is 0.0763. The van der Waals surface area contributed by atoms with Crippen molar-refractivity contribution in [1.29, 1.82) is 0 Å². The number of anilines is 2. The molecule has 0 aromatic heterocycles. The van der Waals surface area contributed by atoms with Gasteiger partial charge in [0.2, 0.25) is 11.8 Å². The quantitative estimate of drug-likeness (QED) is 0.891. The summed E-state index contributed by atoms with van der Waals surface area (Å²) in [5.74, 6) is -1.42. The molecule has 25 heavy (non-hydrogen) atoms. The second kappa shape index (κ2) is 7.47. The molecule has 2 aromatic carbocycles. The SMILES string of the molecule is CCCCN(C(=O)C1CC(=O)Nc2cc(F)ccc21)c1ccccc1. The topological polar surface area (TPSA) is 49.4 Å². The van der Waals surface area contributed by atoms with E-state index in [1.165, 1.54) is 12.1 Å². The average molecular weight is 340 g/mol. The summed E-state index contributed by atoms with van der Waals surface area (Å²) in [6, 6.07) is 13.6. The predicted octanol–water partition coefficient (Wildman–Crippen LogP) is 4.08. The van der Waals surface area contributed by atoms with E-state index in [4.69, 9.17) is 0 Å². The number of hydrogen-bond acceptors (Lipinski definition) is 2. The fourth-order valence-corrected chi connectivity index (χ4v) is 3.14. The zero-order valence-electron chi connectivity index (χ0n) is 14.2. The van der Waals surface area contributed by atoms with Gasteiger partial charge in [-0.3, -0.25) is 9.59 Å². The molecule has 1 aliphatic rings. The zero-order chi connectivity index (χ0) is 17.8. The standard InChI is InChI=1S/C20H21FN2O2/c1-2-3-11-23(15-7-5-4-6-8-15)20(25)17-13-19(24)22-18-12-14(21)9-10-16(17)18/h4-10,12,17H,2-3,11,13H2,1H3,(H,22,24). The maximum absolute atomic E-state index is 13.5. The third-order valence-corrected chi connectivity index (χ3v) is 4.42. The average Bonchev–Trinajstić information content (AvgIpc) is 2.61. The second-order valence-corrected chi connectivity index (χ2v) is 6.22.